The maximum atomic E-state index is 14.1. The van der Waals surface area contributed by atoms with Gasteiger partial charge in [0.1, 0.15) is 17.1 Å². The Morgan fingerprint density at radius 1 is 1.26 bits per heavy atom. The number of nitrogens with zero attached hydrogens (tertiary/aromatic N) is 2. The topological polar surface area (TPSA) is 42.3 Å². The Bertz CT molecular complexity index is 802. The van der Waals surface area contributed by atoms with Crippen molar-refractivity contribution in [3.63, 3.8) is 0 Å². The zero-order valence-corrected chi connectivity index (χ0v) is 14.4. The smallest absolute Gasteiger partial charge is 0.277 e. The standard InChI is InChI=1S/C17H16BrFN2O2/c1-3-17(2)16(23)20(15(22)14-5-4-8-21(14)17)10-11-6-7-12(18)9-13(11)19/h4-9H,3,10H2,1-2H3/t17-/m0/s1. The van der Waals surface area contributed by atoms with E-state index in [9.17, 15) is 14.0 Å². The van der Waals surface area contributed by atoms with Gasteiger partial charge < -0.3 is 4.57 Å². The highest BCUT2D eigenvalue weighted by Crippen LogP contribution is 2.32. The molecule has 2 heterocycles. The van der Waals surface area contributed by atoms with Gasteiger partial charge in [0.25, 0.3) is 11.8 Å². The van der Waals surface area contributed by atoms with Gasteiger partial charge >= 0.3 is 0 Å². The lowest BCUT2D eigenvalue weighted by molar-refractivity contribution is -0.139. The van der Waals surface area contributed by atoms with Crippen LogP contribution in [0, 0.1) is 5.82 Å². The van der Waals surface area contributed by atoms with Crippen LogP contribution in [-0.4, -0.2) is 21.3 Å². The van der Waals surface area contributed by atoms with Crippen LogP contribution in [0.5, 0.6) is 0 Å². The molecule has 0 bridgehead atoms. The lowest BCUT2D eigenvalue weighted by Crippen LogP contribution is -2.55. The number of hydrogen-bond donors (Lipinski definition) is 0. The molecule has 0 fully saturated rings. The highest BCUT2D eigenvalue weighted by molar-refractivity contribution is 9.10. The van der Waals surface area contributed by atoms with E-state index in [1.807, 2.05) is 6.92 Å². The van der Waals surface area contributed by atoms with Crippen molar-refractivity contribution < 1.29 is 14.0 Å². The SMILES string of the molecule is CC[C@@]1(C)C(=O)N(Cc2ccc(Br)cc2F)C(=O)c2cccn21. The van der Waals surface area contributed by atoms with Crippen molar-refractivity contribution in [1.82, 2.24) is 9.47 Å². The van der Waals surface area contributed by atoms with E-state index in [0.717, 1.165) is 4.90 Å². The number of amides is 2. The summed E-state index contributed by atoms with van der Waals surface area (Å²) in [7, 11) is 0. The summed E-state index contributed by atoms with van der Waals surface area (Å²) in [5, 5.41) is 0. The second-order valence-corrected chi connectivity index (χ2v) is 6.74. The molecular formula is C17H16BrFN2O2. The molecule has 1 aromatic carbocycles. The third kappa shape index (κ3) is 2.41. The Kier molecular flexibility index (Phi) is 3.88. The fourth-order valence-electron chi connectivity index (χ4n) is 2.90. The summed E-state index contributed by atoms with van der Waals surface area (Å²) in [6, 6.07) is 8.04. The minimum atomic E-state index is -0.835. The number of aromatic nitrogens is 1. The fraction of sp³-hybridized carbons (Fsp3) is 0.294. The van der Waals surface area contributed by atoms with Crippen molar-refractivity contribution in [1.29, 1.82) is 0 Å². The van der Waals surface area contributed by atoms with Crippen LogP contribution in [0.25, 0.3) is 0 Å². The Labute approximate surface area is 142 Å². The summed E-state index contributed by atoms with van der Waals surface area (Å²) >= 11 is 3.20. The predicted molar refractivity (Wildman–Crippen MR) is 87.4 cm³/mol. The summed E-state index contributed by atoms with van der Waals surface area (Å²) < 4.78 is 16.4. The van der Waals surface area contributed by atoms with Gasteiger partial charge in [-0.2, -0.15) is 0 Å². The summed E-state index contributed by atoms with van der Waals surface area (Å²) in [6.45, 7) is 3.63. The summed E-state index contributed by atoms with van der Waals surface area (Å²) in [4.78, 5) is 26.7. The molecule has 0 unspecified atom stereocenters. The van der Waals surface area contributed by atoms with Crippen molar-refractivity contribution in [2.45, 2.75) is 32.4 Å². The lowest BCUT2D eigenvalue weighted by Gasteiger charge is -2.39. The first-order chi connectivity index (χ1) is 10.9. The Morgan fingerprint density at radius 2 is 2.00 bits per heavy atom. The van der Waals surface area contributed by atoms with E-state index in [2.05, 4.69) is 15.9 Å². The van der Waals surface area contributed by atoms with E-state index in [4.69, 9.17) is 0 Å². The van der Waals surface area contributed by atoms with E-state index in [-0.39, 0.29) is 12.5 Å². The molecule has 23 heavy (non-hydrogen) atoms. The summed E-state index contributed by atoms with van der Waals surface area (Å²) in [6.07, 6.45) is 2.28. The largest absolute Gasteiger partial charge is 0.329 e. The molecule has 0 spiro atoms. The van der Waals surface area contributed by atoms with Crippen LogP contribution in [0.4, 0.5) is 4.39 Å². The third-order valence-electron chi connectivity index (χ3n) is 4.48. The van der Waals surface area contributed by atoms with Gasteiger partial charge in [-0.1, -0.05) is 28.9 Å². The van der Waals surface area contributed by atoms with Crippen LogP contribution >= 0.6 is 15.9 Å². The maximum absolute atomic E-state index is 14.1. The first kappa shape index (κ1) is 15.9. The van der Waals surface area contributed by atoms with Crippen molar-refractivity contribution in [3.05, 3.63) is 58.1 Å². The molecule has 2 amide bonds. The van der Waals surface area contributed by atoms with Crippen molar-refractivity contribution in [3.8, 4) is 0 Å². The number of rotatable bonds is 3. The molecule has 0 aliphatic carbocycles. The fourth-order valence-corrected chi connectivity index (χ4v) is 3.23. The average Bonchev–Trinajstić information content (AvgIpc) is 3.01. The predicted octanol–water partition coefficient (Wildman–Crippen LogP) is 3.70. The molecule has 2 aromatic rings. The van der Waals surface area contributed by atoms with Gasteiger partial charge in [0.2, 0.25) is 0 Å². The lowest BCUT2D eigenvalue weighted by atomic mass is 9.93. The van der Waals surface area contributed by atoms with E-state index in [0.29, 0.717) is 22.2 Å². The second kappa shape index (κ2) is 5.60. The highest BCUT2D eigenvalue weighted by Gasteiger charge is 2.45. The van der Waals surface area contributed by atoms with Crippen molar-refractivity contribution in [2.24, 2.45) is 0 Å². The number of fused-ring (bicyclic) bond motifs is 1. The van der Waals surface area contributed by atoms with E-state index in [1.54, 1.807) is 42.0 Å². The molecule has 3 rings (SSSR count). The maximum Gasteiger partial charge on any atom is 0.277 e. The van der Waals surface area contributed by atoms with Crippen LogP contribution in [-0.2, 0) is 16.9 Å². The van der Waals surface area contributed by atoms with Crippen LogP contribution < -0.4 is 0 Å². The summed E-state index contributed by atoms with van der Waals surface area (Å²) in [5.41, 5.74) is -0.0710. The molecule has 0 N–H and O–H groups in total. The molecule has 4 nitrogen and oxygen atoms in total. The van der Waals surface area contributed by atoms with Gasteiger partial charge in [-0.25, -0.2) is 4.39 Å². The van der Waals surface area contributed by atoms with Gasteiger partial charge in [0.05, 0.1) is 6.54 Å². The zero-order valence-electron chi connectivity index (χ0n) is 12.8. The number of carbonyl (C=O) groups is 2. The molecule has 1 aliphatic rings. The number of benzene rings is 1. The molecule has 1 atom stereocenters. The minimum Gasteiger partial charge on any atom is -0.329 e. The highest BCUT2D eigenvalue weighted by atomic mass is 79.9. The van der Waals surface area contributed by atoms with Gasteiger partial charge in [-0.3, -0.25) is 14.5 Å². The summed E-state index contributed by atoms with van der Waals surface area (Å²) in [5.74, 6) is -1.15. The quantitative estimate of drug-likeness (QED) is 0.764. The van der Waals surface area contributed by atoms with Gasteiger partial charge in [0, 0.05) is 16.2 Å². The van der Waals surface area contributed by atoms with Crippen LogP contribution in [0.1, 0.15) is 36.3 Å². The normalized spacial score (nSPS) is 20.8. The second-order valence-electron chi connectivity index (χ2n) is 5.82. The molecular weight excluding hydrogens is 363 g/mol. The number of carbonyl (C=O) groups excluding carboxylic acids is 2. The molecule has 6 heteroatoms. The minimum absolute atomic E-state index is 0.0719. The molecule has 0 radical (unpaired) electrons. The van der Waals surface area contributed by atoms with Crippen molar-refractivity contribution in [2.75, 3.05) is 0 Å². The molecule has 0 saturated carbocycles. The van der Waals surface area contributed by atoms with Crippen LogP contribution in [0.15, 0.2) is 41.0 Å². The Hall–Kier alpha value is -1.95. The molecule has 120 valence electrons. The first-order valence-corrected chi connectivity index (χ1v) is 8.16. The van der Waals surface area contributed by atoms with E-state index < -0.39 is 17.3 Å². The van der Waals surface area contributed by atoms with Gasteiger partial charge in [-0.05, 0) is 37.6 Å². The first-order valence-electron chi connectivity index (χ1n) is 7.36. The van der Waals surface area contributed by atoms with Crippen LogP contribution in [0.3, 0.4) is 0 Å². The van der Waals surface area contributed by atoms with E-state index >= 15 is 0 Å². The number of halogens is 2. The zero-order chi connectivity index (χ0) is 16.8. The van der Waals surface area contributed by atoms with Gasteiger partial charge in [-0.15, -0.1) is 0 Å². The van der Waals surface area contributed by atoms with E-state index in [1.165, 1.54) is 6.07 Å². The average molecular weight is 379 g/mol. The molecule has 1 aliphatic heterocycles. The van der Waals surface area contributed by atoms with Gasteiger partial charge in [0.15, 0.2) is 0 Å². The monoisotopic (exact) mass is 378 g/mol. The van der Waals surface area contributed by atoms with Crippen molar-refractivity contribution >= 4 is 27.7 Å². The molecule has 0 saturated heterocycles. The Morgan fingerprint density at radius 3 is 2.65 bits per heavy atom. The molecule has 1 aromatic heterocycles. The third-order valence-corrected chi connectivity index (χ3v) is 4.98. The number of hydrogen-bond acceptors (Lipinski definition) is 2. The Balaban J connectivity index is 2.03. The van der Waals surface area contributed by atoms with Crippen LogP contribution in [0.2, 0.25) is 0 Å². The number of imide groups is 1.